The lowest BCUT2D eigenvalue weighted by Gasteiger charge is -2.21. The van der Waals surface area contributed by atoms with Gasteiger partial charge >= 0.3 is 6.03 Å². The molecule has 0 saturated heterocycles. The van der Waals surface area contributed by atoms with Gasteiger partial charge in [0.05, 0.1) is 0 Å². The predicted octanol–water partition coefficient (Wildman–Crippen LogP) is 4.48. The molecule has 1 aliphatic carbocycles. The molecule has 1 saturated carbocycles. The van der Waals surface area contributed by atoms with Gasteiger partial charge in [-0.3, -0.25) is 0 Å². The summed E-state index contributed by atoms with van der Waals surface area (Å²) in [5.74, 6) is 0.894. The third-order valence-electron chi connectivity index (χ3n) is 4.08. The minimum absolute atomic E-state index is 0.0979. The van der Waals surface area contributed by atoms with Crippen LogP contribution in [0.5, 0.6) is 0 Å². The Morgan fingerprint density at radius 3 is 2.80 bits per heavy atom. The van der Waals surface area contributed by atoms with Crippen molar-refractivity contribution < 1.29 is 4.79 Å². The highest BCUT2D eigenvalue weighted by atomic mass is 16.2. The van der Waals surface area contributed by atoms with E-state index in [4.69, 9.17) is 0 Å². The minimum atomic E-state index is -0.0979. The predicted molar refractivity (Wildman–Crippen MR) is 84.0 cm³/mol. The molecule has 0 aliphatic heterocycles. The molecule has 2 N–H and O–H groups in total. The first-order valence-corrected chi connectivity index (χ1v) is 7.85. The van der Waals surface area contributed by atoms with Crippen molar-refractivity contribution in [1.82, 2.24) is 5.32 Å². The number of amides is 2. The third kappa shape index (κ3) is 5.24. The van der Waals surface area contributed by atoms with Crippen LogP contribution >= 0.6 is 0 Å². The van der Waals surface area contributed by atoms with Gasteiger partial charge in [-0.25, -0.2) is 4.79 Å². The van der Waals surface area contributed by atoms with Crippen molar-refractivity contribution in [1.29, 1.82) is 0 Å². The second-order valence-electron chi connectivity index (χ2n) is 5.90. The number of nitrogens with one attached hydrogen (secondary N) is 2. The van der Waals surface area contributed by atoms with Crippen LogP contribution in [0.4, 0.5) is 10.5 Å². The minimum Gasteiger partial charge on any atom is -0.338 e. The summed E-state index contributed by atoms with van der Waals surface area (Å²) in [5.41, 5.74) is 2.01. The third-order valence-corrected chi connectivity index (χ3v) is 4.08. The van der Waals surface area contributed by atoms with Gasteiger partial charge in [0, 0.05) is 12.2 Å². The maximum absolute atomic E-state index is 11.8. The van der Waals surface area contributed by atoms with Gasteiger partial charge in [0.2, 0.25) is 0 Å². The monoisotopic (exact) mass is 274 g/mol. The largest absolute Gasteiger partial charge is 0.338 e. The first kappa shape index (κ1) is 14.9. The van der Waals surface area contributed by atoms with Crippen molar-refractivity contribution in [3.63, 3.8) is 0 Å². The molecule has 0 aromatic heterocycles. The van der Waals surface area contributed by atoms with E-state index in [-0.39, 0.29) is 6.03 Å². The summed E-state index contributed by atoms with van der Waals surface area (Å²) < 4.78 is 0. The van der Waals surface area contributed by atoms with Crippen molar-refractivity contribution in [3.05, 3.63) is 29.8 Å². The van der Waals surface area contributed by atoms with Crippen molar-refractivity contribution >= 4 is 11.7 Å². The fourth-order valence-corrected chi connectivity index (χ4v) is 2.97. The lowest BCUT2D eigenvalue weighted by Crippen LogP contribution is -2.29. The highest BCUT2D eigenvalue weighted by Gasteiger charge is 2.12. The number of carbonyl (C=O) groups is 1. The molecule has 0 radical (unpaired) electrons. The number of hydrogen-bond donors (Lipinski definition) is 2. The van der Waals surface area contributed by atoms with Crippen molar-refractivity contribution in [2.75, 3.05) is 11.9 Å². The zero-order valence-electron chi connectivity index (χ0n) is 12.5. The van der Waals surface area contributed by atoms with E-state index in [9.17, 15) is 4.79 Å². The average molecular weight is 274 g/mol. The Balaban J connectivity index is 1.60. The molecule has 1 fully saturated rings. The molecule has 1 aromatic carbocycles. The summed E-state index contributed by atoms with van der Waals surface area (Å²) in [4.78, 5) is 11.8. The Hall–Kier alpha value is -1.51. The summed E-state index contributed by atoms with van der Waals surface area (Å²) in [6, 6.07) is 7.76. The first-order chi connectivity index (χ1) is 9.74. The molecular weight excluding hydrogens is 248 g/mol. The number of rotatable bonds is 5. The fourth-order valence-electron chi connectivity index (χ4n) is 2.97. The maximum atomic E-state index is 11.8. The van der Waals surface area contributed by atoms with E-state index in [1.54, 1.807) is 0 Å². The van der Waals surface area contributed by atoms with Crippen LogP contribution in [0, 0.1) is 12.8 Å². The molecule has 0 bridgehead atoms. The van der Waals surface area contributed by atoms with Crippen LogP contribution in [0.1, 0.15) is 50.5 Å². The number of anilines is 1. The van der Waals surface area contributed by atoms with E-state index in [0.29, 0.717) is 0 Å². The zero-order valence-corrected chi connectivity index (χ0v) is 12.5. The van der Waals surface area contributed by atoms with Gasteiger partial charge in [-0.2, -0.15) is 0 Å². The van der Waals surface area contributed by atoms with E-state index in [1.807, 2.05) is 31.2 Å². The molecule has 110 valence electrons. The molecule has 0 spiro atoms. The van der Waals surface area contributed by atoms with Crippen LogP contribution in [0.25, 0.3) is 0 Å². The standard InChI is InChI=1S/C17H26N2O/c1-14-7-5-11-16(13-14)19-17(20)18-12-6-10-15-8-3-2-4-9-15/h5,7,11,13,15H,2-4,6,8-10,12H2,1H3,(H2,18,19,20). The smallest absolute Gasteiger partial charge is 0.319 e. The van der Waals surface area contributed by atoms with Gasteiger partial charge in [0.25, 0.3) is 0 Å². The molecule has 3 heteroatoms. The average Bonchev–Trinajstić information content (AvgIpc) is 2.45. The summed E-state index contributed by atoms with van der Waals surface area (Å²) in [7, 11) is 0. The van der Waals surface area contributed by atoms with Crippen LogP contribution < -0.4 is 10.6 Å². The number of urea groups is 1. The van der Waals surface area contributed by atoms with Gasteiger partial charge in [-0.15, -0.1) is 0 Å². The molecule has 0 heterocycles. The molecular formula is C17H26N2O. The van der Waals surface area contributed by atoms with Crippen molar-refractivity contribution in [2.24, 2.45) is 5.92 Å². The Morgan fingerprint density at radius 1 is 1.25 bits per heavy atom. The second-order valence-corrected chi connectivity index (χ2v) is 5.90. The van der Waals surface area contributed by atoms with Crippen molar-refractivity contribution in [2.45, 2.75) is 51.9 Å². The fraction of sp³-hybridized carbons (Fsp3) is 0.588. The maximum Gasteiger partial charge on any atom is 0.319 e. The lowest BCUT2D eigenvalue weighted by atomic mass is 9.86. The van der Waals surface area contributed by atoms with Gasteiger partial charge in [0.1, 0.15) is 0 Å². The Kier molecular flexibility index (Phi) is 5.90. The van der Waals surface area contributed by atoms with Crippen LogP contribution in [-0.4, -0.2) is 12.6 Å². The van der Waals surface area contributed by atoms with Crippen LogP contribution in [0.2, 0.25) is 0 Å². The topological polar surface area (TPSA) is 41.1 Å². The SMILES string of the molecule is Cc1cccc(NC(=O)NCCCC2CCCCC2)c1. The highest BCUT2D eigenvalue weighted by Crippen LogP contribution is 2.26. The molecule has 2 rings (SSSR count). The molecule has 3 nitrogen and oxygen atoms in total. The van der Waals surface area contributed by atoms with Gasteiger partial charge in [-0.05, 0) is 43.4 Å². The summed E-state index contributed by atoms with van der Waals surface area (Å²) in [6.07, 6.45) is 9.31. The normalized spacial score (nSPS) is 15.8. The highest BCUT2D eigenvalue weighted by molar-refractivity contribution is 5.89. The Bertz CT molecular complexity index is 425. The molecule has 1 aromatic rings. The molecule has 1 aliphatic rings. The summed E-state index contributed by atoms with van der Waals surface area (Å²) in [6.45, 7) is 2.79. The Labute approximate surface area is 122 Å². The van der Waals surface area contributed by atoms with Gasteiger partial charge < -0.3 is 10.6 Å². The number of hydrogen-bond acceptors (Lipinski definition) is 1. The van der Waals surface area contributed by atoms with E-state index >= 15 is 0 Å². The van der Waals surface area contributed by atoms with Crippen molar-refractivity contribution in [3.8, 4) is 0 Å². The first-order valence-electron chi connectivity index (χ1n) is 7.85. The van der Waals surface area contributed by atoms with Crippen LogP contribution in [0.3, 0.4) is 0 Å². The van der Waals surface area contributed by atoms with E-state index < -0.39 is 0 Å². The van der Waals surface area contributed by atoms with Gasteiger partial charge in [-0.1, -0.05) is 44.2 Å². The van der Waals surface area contributed by atoms with E-state index in [0.717, 1.165) is 30.1 Å². The second kappa shape index (κ2) is 7.93. The molecule has 20 heavy (non-hydrogen) atoms. The summed E-state index contributed by atoms with van der Waals surface area (Å²) >= 11 is 0. The van der Waals surface area contributed by atoms with E-state index in [1.165, 1.54) is 38.5 Å². The van der Waals surface area contributed by atoms with E-state index in [2.05, 4.69) is 10.6 Å². The summed E-state index contributed by atoms with van der Waals surface area (Å²) in [5, 5.41) is 5.81. The molecule has 2 amide bonds. The van der Waals surface area contributed by atoms with Crippen LogP contribution in [-0.2, 0) is 0 Å². The van der Waals surface area contributed by atoms with Gasteiger partial charge in [0.15, 0.2) is 0 Å². The van der Waals surface area contributed by atoms with Crippen LogP contribution in [0.15, 0.2) is 24.3 Å². The number of benzene rings is 1. The lowest BCUT2D eigenvalue weighted by molar-refractivity contribution is 0.251. The Morgan fingerprint density at radius 2 is 2.05 bits per heavy atom. The molecule has 0 unspecified atom stereocenters. The quantitative estimate of drug-likeness (QED) is 0.764. The number of carbonyl (C=O) groups excluding carboxylic acids is 1. The zero-order chi connectivity index (χ0) is 14.2. The molecule has 0 atom stereocenters. The number of aryl methyl sites for hydroxylation is 1.